The van der Waals surface area contributed by atoms with Gasteiger partial charge in [-0.2, -0.15) is 4.68 Å². The number of halogens is 2. The highest BCUT2D eigenvalue weighted by molar-refractivity contribution is 6.32. The third-order valence-corrected chi connectivity index (χ3v) is 2.65. The van der Waals surface area contributed by atoms with Gasteiger partial charge in [0, 0.05) is 11.8 Å². The van der Waals surface area contributed by atoms with E-state index in [1.54, 1.807) is 18.3 Å². The van der Waals surface area contributed by atoms with E-state index in [0.29, 0.717) is 10.7 Å². The molecular weight excluding hydrogens is 267 g/mol. The van der Waals surface area contributed by atoms with Crippen LogP contribution in [0.1, 0.15) is 5.56 Å². The Kier molecular flexibility index (Phi) is 3.26. The molecule has 0 aliphatic rings. The first-order valence-corrected chi connectivity index (χ1v) is 5.30. The second-order valence-electron chi connectivity index (χ2n) is 3.21. The van der Waals surface area contributed by atoms with E-state index in [9.17, 15) is 10.1 Å². The van der Waals surface area contributed by atoms with Crippen LogP contribution in [0.2, 0.25) is 10.2 Å². The first kappa shape index (κ1) is 11.8. The lowest BCUT2D eigenvalue weighted by Gasteiger charge is -1.99. The number of rotatable bonds is 3. The minimum atomic E-state index is -0.635. The maximum Gasteiger partial charge on any atom is 0.408 e. The second-order valence-corrected chi connectivity index (χ2v) is 3.97. The molecule has 88 valence electrons. The average Bonchev–Trinajstić information content (AvgIpc) is 2.63. The maximum atomic E-state index is 10.6. The van der Waals surface area contributed by atoms with Crippen LogP contribution in [0.3, 0.4) is 0 Å². The Morgan fingerprint density at radius 2 is 2.24 bits per heavy atom. The molecule has 0 aromatic carbocycles. The molecule has 0 radical (unpaired) electrons. The van der Waals surface area contributed by atoms with Crippen molar-refractivity contribution in [2.75, 3.05) is 0 Å². The van der Waals surface area contributed by atoms with E-state index in [0.717, 1.165) is 0 Å². The molecule has 8 heteroatoms. The van der Waals surface area contributed by atoms with Crippen molar-refractivity contribution >= 4 is 29.0 Å². The molecule has 0 fully saturated rings. The predicted octanol–water partition coefficient (Wildman–Crippen LogP) is 2.54. The lowest BCUT2D eigenvalue weighted by Crippen LogP contribution is -2.02. The highest BCUT2D eigenvalue weighted by Crippen LogP contribution is 2.22. The minimum absolute atomic E-state index is 0.00462. The van der Waals surface area contributed by atoms with Gasteiger partial charge in [-0.1, -0.05) is 29.3 Å². The van der Waals surface area contributed by atoms with Crippen molar-refractivity contribution in [2.24, 2.45) is 0 Å². The summed E-state index contributed by atoms with van der Waals surface area (Å²) in [6.07, 6.45) is 2.94. The number of hydrogen-bond donors (Lipinski definition) is 0. The van der Waals surface area contributed by atoms with Crippen molar-refractivity contribution in [1.29, 1.82) is 0 Å². The van der Waals surface area contributed by atoms with Gasteiger partial charge in [-0.15, -0.1) is 0 Å². The fraction of sp³-hybridized carbons (Fsp3) is 0.111. The number of nitrogens with zero attached hydrogens (tertiary/aromatic N) is 4. The first-order valence-electron chi connectivity index (χ1n) is 4.54. The third kappa shape index (κ3) is 2.54. The molecule has 0 aliphatic heterocycles. The molecule has 2 rings (SSSR count). The van der Waals surface area contributed by atoms with Crippen molar-refractivity contribution < 1.29 is 4.92 Å². The van der Waals surface area contributed by atoms with Crippen molar-refractivity contribution in [3.63, 3.8) is 0 Å². The van der Waals surface area contributed by atoms with Crippen molar-refractivity contribution in [2.45, 2.75) is 6.54 Å². The molecule has 0 aliphatic carbocycles. The molecule has 0 saturated heterocycles. The van der Waals surface area contributed by atoms with Gasteiger partial charge in [-0.3, -0.25) is 0 Å². The summed E-state index contributed by atoms with van der Waals surface area (Å²) in [6.45, 7) is 0.278. The smallest absolute Gasteiger partial charge is 0.358 e. The highest BCUT2D eigenvalue weighted by atomic mass is 35.5. The van der Waals surface area contributed by atoms with Gasteiger partial charge in [-0.25, -0.2) is 4.98 Å². The molecule has 0 unspecified atom stereocenters. The average molecular weight is 273 g/mol. The van der Waals surface area contributed by atoms with E-state index in [2.05, 4.69) is 10.1 Å². The molecule has 0 N–H and O–H groups in total. The Labute approximate surface area is 106 Å². The zero-order valence-corrected chi connectivity index (χ0v) is 9.89. The van der Waals surface area contributed by atoms with Crippen LogP contribution < -0.4 is 0 Å². The molecule has 17 heavy (non-hydrogen) atoms. The topological polar surface area (TPSA) is 73.8 Å². The molecular formula is C9H6Cl2N4O2. The van der Waals surface area contributed by atoms with Crippen LogP contribution in [0.15, 0.2) is 24.5 Å². The van der Waals surface area contributed by atoms with Gasteiger partial charge in [-0.05, 0) is 11.0 Å². The van der Waals surface area contributed by atoms with Gasteiger partial charge < -0.3 is 10.1 Å². The van der Waals surface area contributed by atoms with Crippen LogP contribution in [0.5, 0.6) is 0 Å². The summed E-state index contributed by atoms with van der Waals surface area (Å²) in [5.74, 6) is -0.369. The quantitative estimate of drug-likeness (QED) is 0.489. The number of hydrogen-bond acceptors (Lipinski definition) is 4. The zero-order valence-electron chi connectivity index (χ0n) is 8.38. The van der Waals surface area contributed by atoms with E-state index in [-0.39, 0.29) is 17.4 Å². The van der Waals surface area contributed by atoms with E-state index in [4.69, 9.17) is 23.2 Å². The van der Waals surface area contributed by atoms with E-state index < -0.39 is 4.92 Å². The van der Waals surface area contributed by atoms with Crippen molar-refractivity contribution in [1.82, 2.24) is 14.8 Å². The highest BCUT2D eigenvalue weighted by Gasteiger charge is 2.19. The zero-order chi connectivity index (χ0) is 12.4. The van der Waals surface area contributed by atoms with E-state index in [1.165, 1.54) is 10.9 Å². The number of nitro groups is 1. The normalized spacial score (nSPS) is 10.5. The monoisotopic (exact) mass is 272 g/mol. The lowest BCUT2D eigenvalue weighted by atomic mass is 10.3. The Morgan fingerprint density at radius 1 is 1.47 bits per heavy atom. The van der Waals surface area contributed by atoms with Crippen LogP contribution in [0.25, 0.3) is 0 Å². The molecule has 0 amide bonds. The summed E-state index contributed by atoms with van der Waals surface area (Å²) >= 11 is 11.5. The van der Waals surface area contributed by atoms with Crippen LogP contribution in [-0.2, 0) is 6.54 Å². The van der Waals surface area contributed by atoms with Crippen molar-refractivity contribution in [3.05, 3.63) is 50.4 Å². The summed E-state index contributed by atoms with van der Waals surface area (Å²) in [5.41, 5.74) is 0.711. The van der Waals surface area contributed by atoms with Gasteiger partial charge in [0.25, 0.3) is 0 Å². The Bertz CT molecular complexity index is 570. The SMILES string of the molecule is O=[N+]([O-])c1nn(Cc2cccnc2Cl)cc1Cl. The summed E-state index contributed by atoms with van der Waals surface area (Å²) in [5, 5.41) is 14.6. The van der Waals surface area contributed by atoms with Crippen LogP contribution in [-0.4, -0.2) is 19.7 Å². The maximum absolute atomic E-state index is 10.6. The summed E-state index contributed by atoms with van der Waals surface area (Å²) in [7, 11) is 0. The largest absolute Gasteiger partial charge is 0.408 e. The fourth-order valence-electron chi connectivity index (χ4n) is 1.30. The Hall–Kier alpha value is -1.66. The van der Waals surface area contributed by atoms with Gasteiger partial charge >= 0.3 is 5.82 Å². The van der Waals surface area contributed by atoms with Gasteiger partial charge in [0.15, 0.2) is 5.02 Å². The predicted molar refractivity (Wildman–Crippen MR) is 62.2 cm³/mol. The standard InChI is InChI=1S/C9H6Cl2N4O2/c10-7-5-14(13-9(7)15(16)17)4-6-2-1-3-12-8(6)11/h1-3,5H,4H2. The van der Waals surface area contributed by atoms with Gasteiger partial charge in [0.05, 0.1) is 17.8 Å². The van der Waals surface area contributed by atoms with Gasteiger partial charge in [0.2, 0.25) is 0 Å². The molecule has 0 atom stereocenters. The number of pyridine rings is 1. The molecule has 6 nitrogen and oxygen atoms in total. The fourth-order valence-corrected chi connectivity index (χ4v) is 1.70. The molecule has 2 aromatic heterocycles. The molecule has 2 heterocycles. The van der Waals surface area contributed by atoms with E-state index >= 15 is 0 Å². The van der Waals surface area contributed by atoms with Crippen molar-refractivity contribution in [3.8, 4) is 0 Å². The van der Waals surface area contributed by atoms with Crippen LogP contribution in [0, 0.1) is 10.1 Å². The summed E-state index contributed by atoms with van der Waals surface area (Å²) < 4.78 is 1.35. The Balaban J connectivity index is 2.28. The minimum Gasteiger partial charge on any atom is -0.358 e. The van der Waals surface area contributed by atoms with Gasteiger partial charge in [0.1, 0.15) is 5.15 Å². The second kappa shape index (κ2) is 4.68. The summed E-state index contributed by atoms with van der Waals surface area (Å²) in [4.78, 5) is 13.8. The van der Waals surface area contributed by atoms with E-state index in [1.807, 2.05) is 0 Å². The summed E-state index contributed by atoms with van der Waals surface area (Å²) in [6, 6.07) is 3.48. The van der Waals surface area contributed by atoms with Crippen LogP contribution in [0.4, 0.5) is 5.82 Å². The molecule has 0 saturated carbocycles. The number of aromatic nitrogens is 3. The molecule has 2 aromatic rings. The Morgan fingerprint density at radius 3 is 2.82 bits per heavy atom. The van der Waals surface area contributed by atoms with Crippen LogP contribution >= 0.6 is 23.2 Å². The third-order valence-electron chi connectivity index (χ3n) is 2.04. The molecule has 0 spiro atoms. The molecule has 0 bridgehead atoms. The lowest BCUT2D eigenvalue weighted by molar-refractivity contribution is -0.389. The first-order chi connectivity index (χ1) is 8.08.